The number of carbonyl (C=O) groups is 2. The molecular weight excluding hydrogens is 528 g/mol. The molecule has 0 atom stereocenters. The van der Waals surface area contributed by atoms with Gasteiger partial charge in [-0.2, -0.15) is 0 Å². The number of anilines is 4. The van der Waals surface area contributed by atoms with Crippen molar-refractivity contribution >= 4 is 63.5 Å². The summed E-state index contributed by atoms with van der Waals surface area (Å²) in [5.74, 6) is 0.102. The van der Waals surface area contributed by atoms with Gasteiger partial charge in [-0.15, -0.1) is 0 Å². The maximum absolute atomic E-state index is 13.2. The van der Waals surface area contributed by atoms with Crippen LogP contribution in [0.4, 0.5) is 22.7 Å². The third-order valence-electron chi connectivity index (χ3n) is 5.27. The number of hydrogen-bond acceptors (Lipinski definition) is 6. The highest BCUT2D eigenvalue weighted by molar-refractivity contribution is 7.80. The molecule has 0 spiro atoms. The molecule has 0 radical (unpaired) electrons. The van der Waals surface area contributed by atoms with E-state index in [0.29, 0.717) is 33.6 Å². The molecule has 9 nitrogen and oxygen atoms in total. The molecule has 0 aliphatic carbocycles. The summed E-state index contributed by atoms with van der Waals surface area (Å²) >= 11 is 11.7. The van der Waals surface area contributed by atoms with Gasteiger partial charge < -0.3 is 35.2 Å². The van der Waals surface area contributed by atoms with Gasteiger partial charge in [0, 0.05) is 17.4 Å². The molecule has 4 rings (SSSR count). The largest absolute Gasteiger partial charge is 0.495 e. The van der Waals surface area contributed by atoms with Crippen LogP contribution in [0.5, 0.6) is 11.5 Å². The zero-order valence-corrected chi connectivity index (χ0v) is 21.9. The van der Waals surface area contributed by atoms with Crippen molar-refractivity contribution < 1.29 is 23.5 Å². The minimum absolute atomic E-state index is 0.110. The van der Waals surface area contributed by atoms with Gasteiger partial charge in [0.15, 0.2) is 10.9 Å². The first-order chi connectivity index (χ1) is 18.4. The molecule has 0 saturated heterocycles. The van der Waals surface area contributed by atoms with Gasteiger partial charge in [-0.25, -0.2) is 0 Å². The molecule has 1 aromatic heterocycles. The Labute approximate surface area is 229 Å². The lowest BCUT2D eigenvalue weighted by Gasteiger charge is -2.17. The molecule has 1 heterocycles. The Morgan fingerprint density at radius 3 is 2.21 bits per heavy atom. The van der Waals surface area contributed by atoms with E-state index in [1.165, 1.54) is 26.5 Å². The number of rotatable bonds is 8. The van der Waals surface area contributed by atoms with E-state index in [1.807, 2.05) is 6.07 Å². The van der Waals surface area contributed by atoms with Crippen molar-refractivity contribution in [3.63, 3.8) is 0 Å². The minimum atomic E-state index is -0.495. The summed E-state index contributed by atoms with van der Waals surface area (Å²) in [6.45, 7) is 0. The van der Waals surface area contributed by atoms with Gasteiger partial charge in [0.1, 0.15) is 11.5 Å². The minimum Gasteiger partial charge on any atom is -0.495 e. The third kappa shape index (κ3) is 6.41. The van der Waals surface area contributed by atoms with Gasteiger partial charge >= 0.3 is 0 Å². The van der Waals surface area contributed by atoms with Crippen LogP contribution < -0.4 is 30.7 Å². The molecule has 0 aliphatic heterocycles. The van der Waals surface area contributed by atoms with Crippen LogP contribution in [0.25, 0.3) is 0 Å². The van der Waals surface area contributed by atoms with E-state index in [1.54, 1.807) is 60.7 Å². The number of halogens is 1. The smallest absolute Gasteiger partial charge is 0.291 e. The zero-order valence-electron chi connectivity index (χ0n) is 20.3. The Morgan fingerprint density at radius 1 is 0.763 bits per heavy atom. The molecule has 11 heteroatoms. The van der Waals surface area contributed by atoms with Crippen LogP contribution in [0.1, 0.15) is 20.9 Å². The Bertz CT molecular complexity index is 1460. The van der Waals surface area contributed by atoms with Gasteiger partial charge in [0.25, 0.3) is 11.8 Å². The molecular formula is C27H23ClN4O5S. The average molecular weight is 551 g/mol. The number of hydrogen-bond donors (Lipinski definition) is 4. The summed E-state index contributed by atoms with van der Waals surface area (Å²) in [5, 5.41) is 12.2. The fourth-order valence-corrected chi connectivity index (χ4v) is 3.94. The molecule has 194 valence electrons. The second-order valence-corrected chi connectivity index (χ2v) is 8.59. The number of thiocarbonyl (C=S) groups is 1. The number of methoxy groups -OCH3 is 2. The van der Waals surface area contributed by atoms with E-state index in [4.69, 9.17) is 37.7 Å². The number of carbonyl (C=O) groups excluding carboxylic acids is 2. The van der Waals surface area contributed by atoms with Crippen LogP contribution in [-0.2, 0) is 0 Å². The number of ether oxygens (including phenoxy) is 2. The normalized spacial score (nSPS) is 10.3. The lowest BCUT2D eigenvalue weighted by atomic mass is 10.1. The number of para-hydroxylation sites is 1. The SMILES string of the molecule is COc1cc(OC)c(NC(=S)Nc2ccc(NC(=O)c3ccco3)c(C(=O)Nc3ccccc3)c2)cc1Cl. The van der Waals surface area contributed by atoms with E-state index in [2.05, 4.69) is 21.3 Å². The zero-order chi connectivity index (χ0) is 27.1. The van der Waals surface area contributed by atoms with Crippen molar-refractivity contribution in [2.75, 3.05) is 35.5 Å². The average Bonchev–Trinajstić information content (AvgIpc) is 3.45. The van der Waals surface area contributed by atoms with Gasteiger partial charge in [-0.1, -0.05) is 29.8 Å². The topological polar surface area (TPSA) is 114 Å². The van der Waals surface area contributed by atoms with Crippen LogP contribution >= 0.6 is 23.8 Å². The Balaban J connectivity index is 1.58. The molecule has 0 unspecified atom stereocenters. The van der Waals surface area contributed by atoms with Gasteiger partial charge in [0.2, 0.25) is 0 Å². The Hall–Kier alpha value is -4.54. The van der Waals surface area contributed by atoms with Crippen LogP contribution in [0.2, 0.25) is 5.02 Å². The summed E-state index contributed by atoms with van der Waals surface area (Å²) < 4.78 is 15.8. The monoisotopic (exact) mass is 550 g/mol. The molecule has 0 aliphatic rings. The van der Waals surface area contributed by atoms with Crippen LogP contribution in [-0.4, -0.2) is 31.1 Å². The van der Waals surface area contributed by atoms with Crippen molar-refractivity contribution in [1.29, 1.82) is 0 Å². The van der Waals surface area contributed by atoms with Crippen molar-refractivity contribution in [2.45, 2.75) is 0 Å². The summed E-state index contributed by atoms with van der Waals surface area (Å²) in [7, 11) is 3.02. The predicted molar refractivity (Wildman–Crippen MR) is 152 cm³/mol. The molecule has 38 heavy (non-hydrogen) atoms. The van der Waals surface area contributed by atoms with Gasteiger partial charge in [-0.3, -0.25) is 9.59 Å². The van der Waals surface area contributed by atoms with Crippen LogP contribution in [0.3, 0.4) is 0 Å². The fourth-order valence-electron chi connectivity index (χ4n) is 3.47. The van der Waals surface area contributed by atoms with E-state index >= 15 is 0 Å². The lowest BCUT2D eigenvalue weighted by molar-refractivity contribution is 0.0996. The first kappa shape index (κ1) is 26.5. The summed E-state index contributed by atoms with van der Waals surface area (Å²) in [6, 6.07) is 20.2. The second kappa shape index (κ2) is 12.1. The Kier molecular flexibility index (Phi) is 8.47. The van der Waals surface area contributed by atoms with E-state index in [9.17, 15) is 9.59 Å². The molecule has 4 N–H and O–H groups in total. The summed E-state index contributed by atoms with van der Waals surface area (Å²) in [5.41, 5.74) is 2.09. The Morgan fingerprint density at radius 2 is 1.53 bits per heavy atom. The second-order valence-electron chi connectivity index (χ2n) is 7.78. The predicted octanol–water partition coefficient (Wildman–Crippen LogP) is 6.26. The molecule has 0 fully saturated rings. The number of benzene rings is 3. The summed E-state index contributed by atoms with van der Waals surface area (Å²) in [6.07, 6.45) is 1.39. The quantitative estimate of drug-likeness (QED) is 0.190. The third-order valence-corrected chi connectivity index (χ3v) is 5.77. The highest BCUT2D eigenvalue weighted by Gasteiger charge is 2.18. The van der Waals surface area contributed by atoms with Crippen LogP contribution in [0.15, 0.2) is 83.5 Å². The number of amides is 2. The number of furan rings is 1. The first-order valence-electron chi connectivity index (χ1n) is 11.2. The van der Waals surface area contributed by atoms with Crippen LogP contribution in [0, 0.1) is 0 Å². The standard InChI is InChI=1S/C27H23ClN4O5S/c1-35-23-15-24(36-2)21(14-19(23)28)32-27(38)30-17-10-11-20(31-26(34)22-9-6-12-37-22)18(13-17)25(33)29-16-7-4-3-5-8-16/h3-15H,1-2H3,(H,29,33)(H,31,34)(H2,30,32,38). The van der Waals surface area contributed by atoms with Crippen molar-refractivity contribution in [2.24, 2.45) is 0 Å². The van der Waals surface area contributed by atoms with E-state index in [-0.39, 0.29) is 22.1 Å². The fraction of sp³-hybridized carbons (Fsp3) is 0.0741. The van der Waals surface area contributed by atoms with Gasteiger partial charge in [0.05, 0.1) is 42.4 Å². The van der Waals surface area contributed by atoms with Crippen molar-refractivity contribution in [3.8, 4) is 11.5 Å². The first-order valence-corrected chi connectivity index (χ1v) is 12.0. The highest BCUT2D eigenvalue weighted by atomic mass is 35.5. The maximum atomic E-state index is 13.2. The lowest BCUT2D eigenvalue weighted by Crippen LogP contribution is -2.21. The molecule has 3 aromatic carbocycles. The van der Waals surface area contributed by atoms with E-state index in [0.717, 1.165) is 0 Å². The highest BCUT2D eigenvalue weighted by Crippen LogP contribution is 2.36. The number of nitrogens with one attached hydrogen (secondary N) is 4. The van der Waals surface area contributed by atoms with E-state index < -0.39 is 11.8 Å². The van der Waals surface area contributed by atoms with Gasteiger partial charge in [-0.05, 0) is 60.7 Å². The molecule has 0 saturated carbocycles. The molecule has 0 bridgehead atoms. The molecule has 2 amide bonds. The maximum Gasteiger partial charge on any atom is 0.291 e. The van der Waals surface area contributed by atoms with Crippen molar-refractivity contribution in [1.82, 2.24) is 0 Å². The van der Waals surface area contributed by atoms with Crippen molar-refractivity contribution in [3.05, 3.63) is 95.4 Å². The molecule has 4 aromatic rings. The summed E-state index contributed by atoms with van der Waals surface area (Å²) in [4.78, 5) is 25.8.